The average Bonchev–Trinajstić information content (AvgIpc) is 2.40. The molecule has 2 atom stereocenters. The highest BCUT2D eigenvalue weighted by molar-refractivity contribution is 14.1. The maximum atomic E-state index is 12.2. The first-order chi connectivity index (χ1) is 9.08. The molecule has 0 saturated heterocycles. The molecule has 4 heteroatoms. The molecule has 1 saturated carbocycles. The van der Waals surface area contributed by atoms with E-state index >= 15 is 0 Å². The topological polar surface area (TPSA) is 29.1 Å². The van der Waals surface area contributed by atoms with Crippen molar-refractivity contribution in [2.45, 2.75) is 32.6 Å². The van der Waals surface area contributed by atoms with Crippen molar-refractivity contribution in [3.05, 3.63) is 32.4 Å². The first-order valence-electron chi connectivity index (χ1n) is 6.81. The van der Waals surface area contributed by atoms with Gasteiger partial charge < -0.3 is 5.32 Å². The van der Waals surface area contributed by atoms with Gasteiger partial charge in [0.05, 0.1) is 5.56 Å². The Bertz CT molecular complexity index is 463. The van der Waals surface area contributed by atoms with E-state index in [1.54, 1.807) is 6.07 Å². The first-order valence-corrected chi connectivity index (χ1v) is 8.27. The van der Waals surface area contributed by atoms with E-state index in [4.69, 9.17) is 11.6 Å². The Kier molecular flexibility index (Phi) is 5.51. The molecule has 1 aliphatic carbocycles. The lowest BCUT2D eigenvalue weighted by Gasteiger charge is -2.28. The van der Waals surface area contributed by atoms with Crippen LogP contribution in [0.4, 0.5) is 0 Å². The summed E-state index contributed by atoms with van der Waals surface area (Å²) < 4.78 is 0.941. The molecule has 0 spiro atoms. The number of hydrogen-bond donors (Lipinski definition) is 1. The van der Waals surface area contributed by atoms with Crippen molar-refractivity contribution in [2.24, 2.45) is 11.8 Å². The predicted octanol–water partition coefficient (Wildman–Crippen LogP) is 4.50. The minimum absolute atomic E-state index is 0.00956. The van der Waals surface area contributed by atoms with Crippen molar-refractivity contribution < 1.29 is 4.79 Å². The van der Waals surface area contributed by atoms with Gasteiger partial charge in [-0.05, 0) is 59.0 Å². The highest BCUT2D eigenvalue weighted by Gasteiger charge is 2.22. The van der Waals surface area contributed by atoms with E-state index < -0.39 is 0 Å². The fourth-order valence-electron chi connectivity index (χ4n) is 2.69. The van der Waals surface area contributed by atoms with E-state index in [0.717, 1.165) is 10.1 Å². The molecule has 1 fully saturated rings. The molecule has 2 rings (SSSR count). The quantitative estimate of drug-likeness (QED) is 0.755. The molecule has 2 unspecified atom stereocenters. The standard InChI is InChI=1S/C15H19ClINO/c1-10-4-2-3-5-11(10)9-18-15(19)13-8-12(16)6-7-14(13)17/h6-8,10-11H,2-5,9H2,1H3,(H,18,19). The molecule has 0 aromatic heterocycles. The lowest BCUT2D eigenvalue weighted by molar-refractivity contribution is 0.0935. The Labute approximate surface area is 133 Å². The number of hydrogen-bond acceptors (Lipinski definition) is 1. The lowest BCUT2D eigenvalue weighted by atomic mass is 9.80. The van der Waals surface area contributed by atoms with Crippen LogP contribution in [0.25, 0.3) is 0 Å². The Morgan fingerprint density at radius 1 is 1.42 bits per heavy atom. The number of carbonyl (C=O) groups is 1. The van der Waals surface area contributed by atoms with E-state index in [-0.39, 0.29) is 5.91 Å². The monoisotopic (exact) mass is 391 g/mol. The molecule has 0 radical (unpaired) electrons. The van der Waals surface area contributed by atoms with Gasteiger partial charge in [0.25, 0.3) is 5.91 Å². The Hall–Kier alpha value is -0.290. The number of carbonyl (C=O) groups excluding carboxylic acids is 1. The lowest BCUT2D eigenvalue weighted by Crippen LogP contribution is -2.33. The summed E-state index contributed by atoms with van der Waals surface area (Å²) in [6.45, 7) is 3.07. The third-order valence-corrected chi connectivity index (χ3v) is 5.16. The summed E-state index contributed by atoms with van der Waals surface area (Å²) in [5.74, 6) is 1.33. The van der Waals surface area contributed by atoms with Crippen molar-refractivity contribution in [2.75, 3.05) is 6.54 Å². The zero-order chi connectivity index (χ0) is 13.8. The van der Waals surface area contributed by atoms with Gasteiger partial charge in [-0.15, -0.1) is 0 Å². The van der Waals surface area contributed by atoms with Crippen LogP contribution in [-0.4, -0.2) is 12.5 Å². The van der Waals surface area contributed by atoms with Crippen LogP contribution in [0.15, 0.2) is 18.2 Å². The third kappa shape index (κ3) is 4.09. The number of rotatable bonds is 3. The fourth-order valence-corrected chi connectivity index (χ4v) is 3.44. The van der Waals surface area contributed by atoms with Gasteiger partial charge in [0.1, 0.15) is 0 Å². The SMILES string of the molecule is CC1CCCCC1CNC(=O)c1cc(Cl)ccc1I. The van der Waals surface area contributed by atoms with Crippen molar-refractivity contribution in [1.82, 2.24) is 5.32 Å². The van der Waals surface area contributed by atoms with E-state index in [0.29, 0.717) is 22.4 Å². The maximum absolute atomic E-state index is 12.2. The van der Waals surface area contributed by atoms with Crippen molar-refractivity contribution in [3.8, 4) is 0 Å². The molecule has 1 N–H and O–H groups in total. The van der Waals surface area contributed by atoms with Crippen LogP contribution in [0.3, 0.4) is 0 Å². The second kappa shape index (κ2) is 6.93. The molecule has 104 valence electrons. The molecule has 19 heavy (non-hydrogen) atoms. The highest BCUT2D eigenvalue weighted by atomic mass is 127. The van der Waals surface area contributed by atoms with Gasteiger partial charge in [-0.3, -0.25) is 4.79 Å². The van der Waals surface area contributed by atoms with Crippen molar-refractivity contribution >= 4 is 40.1 Å². The molecule has 0 bridgehead atoms. The molecule has 1 aromatic carbocycles. The molecule has 0 heterocycles. The van der Waals surface area contributed by atoms with Gasteiger partial charge in [0, 0.05) is 15.1 Å². The zero-order valence-corrected chi connectivity index (χ0v) is 14.0. The summed E-state index contributed by atoms with van der Waals surface area (Å²) in [5, 5.41) is 3.67. The minimum atomic E-state index is -0.00956. The van der Waals surface area contributed by atoms with Crippen LogP contribution >= 0.6 is 34.2 Å². The van der Waals surface area contributed by atoms with E-state index in [9.17, 15) is 4.79 Å². The van der Waals surface area contributed by atoms with Gasteiger partial charge in [0.2, 0.25) is 0 Å². The second-order valence-corrected chi connectivity index (χ2v) is 6.95. The van der Waals surface area contributed by atoms with Gasteiger partial charge >= 0.3 is 0 Å². The van der Waals surface area contributed by atoms with Crippen LogP contribution in [0.2, 0.25) is 5.02 Å². The van der Waals surface area contributed by atoms with Gasteiger partial charge in [-0.2, -0.15) is 0 Å². The summed E-state index contributed by atoms with van der Waals surface area (Å²) in [6, 6.07) is 5.42. The summed E-state index contributed by atoms with van der Waals surface area (Å²) in [7, 11) is 0. The minimum Gasteiger partial charge on any atom is -0.352 e. The van der Waals surface area contributed by atoms with Crippen LogP contribution in [0.5, 0.6) is 0 Å². The third-order valence-electron chi connectivity index (χ3n) is 3.99. The number of nitrogens with one attached hydrogen (secondary N) is 1. The normalized spacial score (nSPS) is 23.1. The van der Waals surface area contributed by atoms with Crippen molar-refractivity contribution in [3.63, 3.8) is 0 Å². The van der Waals surface area contributed by atoms with Crippen LogP contribution < -0.4 is 5.32 Å². The van der Waals surface area contributed by atoms with Gasteiger partial charge in [0.15, 0.2) is 0 Å². The summed E-state index contributed by atoms with van der Waals surface area (Å²) in [4.78, 5) is 12.2. The van der Waals surface area contributed by atoms with Gasteiger partial charge in [-0.25, -0.2) is 0 Å². The summed E-state index contributed by atoms with van der Waals surface area (Å²) in [5.41, 5.74) is 0.677. The largest absolute Gasteiger partial charge is 0.352 e. The molecule has 1 aromatic rings. The zero-order valence-electron chi connectivity index (χ0n) is 11.1. The molecule has 2 nitrogen and oxygen atoms in total. The summed E-state index contributed by atoms with van der Waals surface area (Å²) >= 11 is 8.12. The molecular weight excluding hydrogens is 373 g/mol. The van der Waals surface area contributed by atoms with Crippen LogP contribution in [0, 0.1) is 15.4 Å². The van der Waals surface area contributed by atoms with Gasteiger partial charge in [-0.1, -0.05) is 37.8 Å². The highest BCUT2D eigenvalue weighted by Crippen LogP contribution is 2.29. The van der Waals surface area contributed by atoms with E-state index in [1.165, 1.54) is 25.7 Å². The van der Waals surface area contributed by atoms with Crippen LogP contribution in [-0.2, 0) is 0 Å². The molecular formula is C15H19ClINO. The number of benzene rings is 1. The van der Waals surface area contributed by atoms with Crippen molar-refractivity contribution in [1.29, 1.82) is 0 Å². The first kappa shape index (κ1) is 15.1. The number of halogens is 2. The van der Waals surface area contributed by atoms with E-state index in [2.05, 4.69) is 34.8 Å². The molecule has 0 aliphatic heterocycles. The number of amides is 1. The fraction of sp³-hybridized carbons (Fsp3) is 0.533. The Morgan fingerprint density at radius 2 is 2.16 bits per heavy atom. The average molecular weight is 392 g/mol. The Morgan fingerprint density at radius 3 is 2.89 bits per heavy atom. The smallest absolute Gasteiger partial charge is 0.252 e. The second-order valence-electron chi connectivity index (χ2n) is 5.36. The predicted molar refractivity (Wildman–Crippen MR) is 87.6 cm³/mol. The maximum Gasteiger partial charge on any atom is 0.252 e. The van der Waals surface area contributed by atoms with E-state index in [1.807, 2.05) is 12.1 Å². The van der Waals surface area contributed by atoms with Crippen LogP contribution in [0.1, 0.15) is 43.0 Å². The molecule has 1 amide bonds. The Balaban J connectivity index is 1.95. The summed E-state index contributed by atoms with van der Waals surface area (Å²) in [6.07, 6.45) is 5.14. The molecule has 1 aliphatic rings.